The van der Waals surface area contributed by atoms with E-state index in [1.54, 1.807) is 54.8 Å². The van der Waals surface area contributed by atoms with Crippen LogP contribution in [0.25, 0.3) is 16.6 Å². The maximum absolute atomic E-state index is 12.8. The molecule has 0 unspecified atom stereocenters. The van der Waals surface area contributed by atoms with Crippen LogP contribution in [-0.4, -0.2) is 22.0 Å². The van der Waals surface area contributed by atoms with Gasteiger partial charge in [-0.25, -0.2) is 9.36 Å². The van der Waals surface area contributed by atoms with Crippen molar-refractivity contribution in [1.29, 1.82) is 0 Å². The van der Waals surface area contributed by atoms with Gasteiger partial charge in [0.2, 0.25) is 0 Å². The minimum atomic E-state index is -0.556. The Morgan fingerprint density at radius 3 is 2.61 bits per heavy atom. The number of hydrogen-bond donors (Lipinski definition) is 2. The van der Waals surface area contributed by atoms with Gasteiger partial charge in [-0.3, -0.25) is 9.59 Å². The van der Waals surface area contributed by atoms with Gasteiger partial charge in [0.1, 0.15) is 5.76 Å². The lowest BCUT2D eigenvalue weighted by Gasteiger charge is -2.08. The molecule has 2 aromatic heterocycles. The third-order valence-corrected chi connectivity index (χ3v) is 4.41. The third kappa shape index (κ3) is 3.37. The number of H-pyrrole nitrogens is 1. The first-order chi connectivity index (χ1) is 13.6. The highest BCUT2D eigenvalue weighted by Gasteiger charge is 2.12. The Balaban J connectivity index is 1.62. The lowest BCUT2D eigenvalue weighted by atomic mass is 10.1. The highest BCUT2D eigenvalue weighted by Crippen LogP contribution is 2.11. The number of rotatable bonds is 5. The molecule has 1 amide bonds. The lowest BCUT2D eigenvalue weighted by Crippen LogP contribution is -2.33. The van der Waals surface area contributed by atoms with E-state index in [0.717, 1.165) is 10.3 Å². The van der Waals surface area contributed by atoms with Crippen LogP contribution in [0.1, 0.15) is 16.1 Å². The van der Waals surface area contributed by atoms with Crippen molar-refractivity contribution in [2.45, 2.75) is 6.42 Å². The second kappa shape index (κ2) is 7.40. The van der Waals surface area contributed by atoms with Gasteiger partial charge < -0.3 is 14.7 Å². The van der Waals surface area contributed by atoms with Crippen molar-refractivity contribution in [2.24, 2.45) is 0 Å². The van der Waals surface area contributed by atoms with Gasteiger partial charge in [0.25, 0.3) is 11.5 Å². The van der Waals surface area contributed by atoms with E-state index in [0.29, 0.717) is 35.1 Å². The van der Waals surface area contributed by atoms with E-state index in [2.05, 4.69) is 10.3 Å². The molecule has 2 N–H and O–H groups in total. The number of aromatic nitrogens is 2. The second-order valence-electron chi connectivity index (χ2n) is 6.25. The monoisotopic (exact) mass is 375 g/mol. The van der Waals surface area contributed by atoms with Crippen molar-refractivity contribution >= 4 is 16.8 Å². The highest BCUT2D eigenvalue weighted by atomic mass is 16.3. The van der Waals surface area contributed by atoms with Gasteiger partial charge >= 0.3 is 5.69 Å². The Morgan fingerprint density at radius 2 is 1.86 bits per heavy atom. The largest absolute Gasteiger partial charge is 0.469 e. The van der Waals surface area contributed by atoms with Gasteiger partial charge in [-0.15, -0.1) is 0 Å². The van der Waals surface area contributed by atoms with E-state index in [1.165, 1.54) is 6.07 Å². The summed E-state index contributed by atoms with van der Waals surface area (Å²) in [5.74, 6) is 0.492. The number of para-hydroxylation sites is 1. The molecular formula is C21H17N3O4. The first kappa shape index (κ1) is 17.5. The maximum Gasteiger partial charge on any atom is 0.333 e. The molecule has 140 valence electrons. The molecule has 0 aliphatic heterocycles. The van der Waals surface area contributed by atoms with E-state index in [4.69, 9.17) is 4.42 Å². The quantitative estimate of drug-likeness (QED) is 0.559. The molecule has 0 radical (unpaired) electrons. The Kier molecular flexibility index (Phi) is 4.63. The number of hydrogen-bond acceptors (Lipinski definition) is 4. The van der Waals surface area contributed by atoms with Crippen LogP contribution in [0.2, 0.25) is 0 Å². The van der Waals surface area contributed by atoms with Crippen molar-refractivity contribution in [3.63, 3.8) is 0 Å². The summed E-state index contributed by atoms with van der Waals surface area (Å²) in [7, 11) is 0. The summed E-state index contributed by atoms with van der Waals surface area (Å²) in [6.45, 7) is 0.413. The number of fused-ring (bicyclic) bond motifs is 1. The number of carbonyl (C=O) groups is 1. The molecule has 2 heterocycles. The van der Waals surface area contributed by atoms with Crippen LogP contribution >= 0.6 is 0 Å². The number of nitrogens with one attached hydrogen (secondary N) is 2. The van der Waals surface area contributed by atoms with Gasteiger partial charge in [0, 0.05) is 18.5 Å². The summed E-state index contributed by atoms with van der Waals surface area (Å²) in [5, 5.41) is 3.12. The van der Waals surface area contributed by atoms with Gasteiger partial charge in [-0.05, 0) is 42.5 Å². The molecule has 7 heteroatoms. The molecular weight excluding hydrogens is 358 g/mol. The van der Waals surface area contributed by atoms with E-state index in [9.17, 15) is 14.4 Å². The Bertz CT molecular complexity index is 1240. The molecule has 0 bridgehead atoms. The molecule has 0 atom stereocenters. The minimum absolute atomic E-state index is 0.290. The van der Waals surface area contributed by atoms with Crippen molar-refractivity contribution in [2.75, 3.05) is 6.54 Å². The van der Waals surface area contributed by atoms with Crippen molar-refractivity contribution in [3.8, 4) is 5.69 Å². The standard InChI is InChI=1S/C21H17N3O4/c25-19(22-11-10-16-7-4-12-28-16)14-8-9-17-18(13-14)23-21(27)24(20(17)26)15-5-2-1-3-6-15/h1-9,12-13H,10-11H2,(H,22,25)(H,23,27). The molecule has 0 aliphatic carbocycles. The van der Waals surface area contributed by atoms with Crippen molar-refractivity contribution in [3.05, 3.63) is 99.1 Å². The van der Waals surface area contributed by atoms with Crippen LogP contribution in [0.15, 0.2) is 80.9 Å². The van der Waals surface area contributed by atoms with Crippen molar-refractivity contribution < 1.29 is 9.21 Å². The molecule has 4 rings (SSSR count). The van der Waals surface area contributed by atoms with Crippen LogP contribution in [0.5, 0.6) is 0 Å². The SMILES string of the molecule is O=C(NCCc1ccco1)c1ccc2c(=O)n(-c3ccccc3)c(=O)[nH]c2c1. The molecule has 0 saturated heterocycles. The van der Waals surface area contributed by atoms with Gasteiger partial charge in [-0.2, -0.15) is 0 Å². The lowest BCUT2D eigenvalue weighted by molar-refractivity contribution is 0.0954. The first-order valence-corrected chi connectivity index (χ1v) is 8.78. The fourth-order valence-corrected chi connectivity index (χ4v) is 3.03. The smallest absolute Gasteiger partial charge is 0.333 e. The number of nitrogens with zero attached hydrogens (tertiary/aromatic N) is 1. The summed E-state index contributed by atoms with van der Waals surface area (Å²) in [6, 6.07) is 16.9. The topological polar surface area (TPSA) is 97.1 Å². The van der Waals surface area contributed by atoms with Gasteiger partial charge in [-0.1, -0.05) is 18.2 Å². The number of benzene rings is 2. The molecule has 7 nitrogen and oxygen atoms in total. The maximum atomic E-state index is 12.8. The normalized spacial score (nSPS) is 10.9. The fourth-order valence-electron chi connectivity index (χ4n) is 3.03. The molecule has 28 heavy (non-hydrogen) atoms. The first-order valence-electron chi connectivity index (χ1n) is 8.78. The zero-order chi connectivity index (χ0) is 19.5. The summed E-state index contributed by atoms with van der Waals surface area (Å²) in [4.78, 5) is 40.2. The van der Waals surface area contributed by atoms with E-state index in [1.807, 2.05) is 6.07 Å². The molecule has 0 fully saturated rings. The van der Waals surface area contributed by atoms with Crippen LogP contribution in [0.4, 0.5) is 0 Å². The Labute approximate surface area is 159 Å². The molecule has 0 spiro atoms. The van der Waals surface area contributed by atoms with Crippen LogP contribution in [0, 0.1) is 0 Å². The third-order valence-electron chi connectivity index (χ3n) is 4.41. The number of aromatic amines is 1. The highest BCUT2D eigenvalue weighted by molar-refractivity contribution is 5.97. The zero-order valence-corrected chi connectivity index (χ0v) is 14.8. The molecule has 2 aromatic carbocycles. The average Bonchev–Trinajstić information content (AvgIpc) is 3.22. The summed E-state index contributed by atoms with van der Waals surface area (Å²) < 4.78 is 6.30. The van der Waals surface area contributed by atoms with Crippen LogP contribution in [0.3, 0.4) is 0 Å². The van der Waals surface area contributed by atoms with E-state index >= 15 is 0 Å². The second-order valence-corrected chi connectivity index (χ2v) is 6.25. The number of furan rings is 1. The number of carbonyl (C=O) groups excluding carboxylic acids is 1. The van der Waals surface area contributed by atoms with Gasteiger partial charge in [0.05, 0.1) is 22.9 Å². The van der Waals surface area contributed by atoms with E-state index < -0.39 is 11.2 Å². The average molecular weight is 375 g/mol. The summed E-state index contributed by atoms with van der Waals surface area (Å²) in [6.07, 6.45) is 2.16. The molecule has 0 aliphatic rings. The Hall–Kier alpha value is -3.87. The predicted molar refractivity (Wildman–Crippen MR) is 105 cm³/mol. The van der Waals surface area contributed by atoms with Gasteiger partial charge in [0.15, 0.2) is 0 Å². The van der Waals surface area contributed by atoms with Crippen LogP contribution < -0.4 is 16.6 Å². The van der Waals surface area contributed by atoms with Crippen molar-refractivity contribution in [1.82, 2.24) is 14.9 Å². The summed E-state index contributed by atoms with van der Waals surface area (Å²) in [5.41, 5.74) is 0.171. The summed E-state index contributed by atoms with van der Waals surface area (Å²) >= 11 is 0. The number of amides is 1. The fraction of sp³-hybridized carbons (Fsp3) is 0.0952. The molecule has 4 aromatic rings. The zero-order valence-electron chi connectivity index (χ0n) is 14.8. The van der Waals surface area contributed by atoms with Crippen LogP contribution in [-0.2, 0) is 6.42 Å². The Morgan fingerprint density at radius 1 is 1.04 bits per heavy atom. The van der Waals surface area contributed by atoms with E-state index in [-0.39, 0.29) is 5.91 Å². The predicted octanol–water partition coefficient (Wildman–Crippen LogP) is 2.24. The minimum Gasteiger partial charge on any atom is -0.469 e. The molecule has 0 saturated carbocycles.